The van der Waals surface area contributed by atoms with Gasteiger partial charge >= 0.3 is 0 Å². The summed E-state index contributed by atoms with van der Waals surface area (Å²) >= 11 is 3.27. The molecule has 0 bridgehead atoms. The lowest BCUT2D eigenvalue weighted by Crippen LogP contribution is -2.27. The second kappa shape index (κ2) is 6.63. The summed E-state index contributed by atoms with van der Waals surface area (Å²) < 4.78 is 37.3. The van der Waals surface area contributed by atoms with Gasteiger partial charge in [-0.15, -0.1) is 0 Å². The first-order chi connectivity index (χ1) is 8.33. The van der Waals surface area contributed by atoms with Crippen molar-refractivity contribution >= 4 is 25.8 Å². The first-order valence-electron chi connectivity index (χ1n) is 5.69. The molecule has 0 saturated carbocycles. The Balaban J connectivity index is 2.46. The van der Waals surface area contributed by atoms with E-state index in [0.29, 0.717) is 18.7 Å². The van der Waals surface area contributed by atoms with Crippen molar-refractivity contribution in [2.45, 2.75) is 25.6 Å². The Labute approximate surface area is 116 Å². The van der Waals surface area contributed by atoms with E-state index in [1.165, 1.54) is 6.07 Å². The normalized spacial score (nSPS) is 12.1. The molecule has 0 spiro atoms. The standard InChI is InChI=1S/C12H17BrFNO2S/c1-9(2)18(16,17)6-5-15-8-10-7-11(13)3-4-12(10)14/h3-4,7,9,15H,5-6,8H2,1-2H3. The molecule has 0 atom stereocenters. The van der Waals surface area contributed by atoms with Gasteiger partial charge in [-0.2, -0.15) is 0 Å². The monoisotopic (exact) mass is 337 g/mol. The molecule has 0 amide bonds. The maximum Gasteiger partial charge on any atom is 0.153 e. The molecule has 18 heavy (non-hydrogen) atoms. The summed E-state index contributed by atoms with van der Waals surface area (Å²) in [5.41, 5.74) is 0.520. The lowest BCUT2D eigenvalue weighted by atomic mass is 10.2. The van der Waals surface area contributed by atoms with Crippen molar-refractivity contribution in [1.82, 2.24) is 5.32 Å². The maximum absolute atomic E-state index is 13.4. The quantitative estimate of drug-likeness (QED) is 0.811. The minimum Gasteiger partial charge on any atom is -0.312 e. The van der Waals surface area contributed by atoms with Crippen molar-refractivity contribution < 1.29 is 12.8 Å². The molecule has 1 rings (SSSR count). The van der Waals surface area contributed by atoms with Crippen molar-refractivity contribution in [2.75, 3.05) is 12.3 Å². The molecule has 0 fully saturated rings. The van der Waals surface area contributed by atoms with Gasteiger partial charge in [-0.25, -0.2) is 12.8 Å². The summed E-state index contributed by atoms with van der Waals surface area (Å²) in [5, 5.41) is 2.57. The molecule has 0 saturated heterocycles. The molecule has 0 aliphatic carbocycles. The van der Waals surface area contributed by atoms with Gasteiger partial charge in [0.2, 0.25) is 0 Å². The van der Waals surface area contributed by atoms with E-state index in [1.54, 1.807) is 26.0 Å². The van der Waals surface area contributed by atoms with Crippen LogP contribution in [0.4, 0.5) is 4.39 Å². The molecule has 0 aliphatic heterocycles. The molecular formula is C12H17BrFNO2S. The predicted octanol–water partition coefficient (Wildman–Crippen LogP) is 2.50. The van der Waals surface area contributed by atoms with Gasteiger partial charge in [0.25, 0.3) is 0 Å². The third-order valence-corrected chi connectivity index (χ3v) is 5.31. The van der Waals surface area contributed by atoms with Crippen molar-refractivity contribution in [3.8, 4) is 0 Å². The van der Waals surface area contributed by atoms with E-state index in [-0.39, 0.29) is 16.8 Å². The van der Waals surface area contributed by atoms with Gasteiger partial charge < -0.3 is 5.32 Å². The lowest BCUT2D eigenvalue weighted by molar-refractivity contribution is 0.576. The summed E-state index contributed by atoms with van der Waals surface area (Å²) in [6, 6.07) is 4.69. The van der Waals surface area contributed by atoms with E-state index in [1.807, 2.05) is 0 Å². The van der Waals surface area contributed by atoms with Gasteiger partial charge in [-0.05, 0) is 32.0 Å². The van der Waals surface area contributed by atoms with E-state index in [4.69, 9.17) is 0 Å². The SMILES string of the molecule is CC(C)S(=O)(=O)CCNCc1cc(Br)ccc1F. The third kappa shape index (κ3) is 4.66. The number of hydrogen-bond acceptors (Lipinski definition) is 3. The second-order valence-electron chi connectivity index (χ2n) is 4.33. The first-order valence-corrected chi connectivity index (χ1v) is 8.20. The van der Waals surface area contributed by atoms with Gasteiger partial charge in [-0.3, -0.25) is 0 Å². The Kier molecular flexibility index (Phi) is 5.75. The van der Waals surface area contributed by atoms with E-state index < -0.39 is 9.84 Å². The van der Waals surface area contributed by atoms with Crippen LogP contribution in [-0.2, 0) is 16.4 Å². The Hall–Kier alpha value is -0.460. The van der Waals surface area contributed by atoms with E-state index in [2.05, 4.69) is 21.2 Å². The number of rotatable bonds is 6. The van der Waals surface area contributed by atoms with Crippen LogP contribution in [0.5, 0.6) is 0 Å². The van der Waals surface area contributed by atoms with Crippen LogP contribution >= 0.6 is 15.9 Å². The van der Waals surface area contributed by atoms with Gasteiger partial charge in [0.05, 0.1) is 11.0 Å². The smallest absolute Gasteiger partial charge is 0.153 e. The van der Waals surface area contributed by atoms with Crippen molar-refractivity contribution in [3.63, 3.8) is 0 Å². The Morgan fingerprint density at radius 1 is 1.39 bits per heavy atom. The van der Waals surface area contributed by atoms with Crippen LogP contribution in [0.2, 0.25) is 0 Å². The highest BCUT2D eigenvalue weighted by atomic mass is 79.9. The van der Waals surface area contributed by atoms with Gasteiger partial charge in [0.1, 0.15) is 5.82 Å². The fourth-order valence-electron chi connectivity index (χ4n) is 1.35. The molecule has 0 aromatic heterocycles. The van der Waals surface area contributed by atoms with Crippen LogP contribution in [-0.4, -0.2) is 26.0 Å². The number of hydrogen-bond donors (Lipinski definition) is 1. The molecule has 0 radical (unpaired) electrons. The number of sulfone groups is 1. The fourth-order valence-corrected chi connectivity index (χ4v) is 2.66. The zero-order valence-electron chi connectivity index (χ0n) is 10.4. The highest BCUT2D eigenvalue weighted by molar-refractivity contribution is 9.10. The second-order valence-corrected chi connectivity index (χ2v) is 7.92. The summed E-state index contributed by atoms with van der Waals surface area (Å²) in [4.78, 5) is 0. The number of nitrogens with one attached hydrogen (secondary N) is 1. The fraction of sp³-hybridized carbons (Fsp3) is 0.500. The average Bonchev–Trinajstić information content (AvgIpc) is 2.28. The average molecular weight is 338 g/mol. The highest BCUT2D eigenvalue weighted by Gasteiger charge is 2.15. The van der Waals surface area contributed by atoms with Crippen LogP contribution in [0, 0.1) is 5.82 Å². The molecule has 102 valence electrons. The predicted molar refractivity (Wildman–Crippen MR) is 74.7 cm³/mol. The molecule has 1 aromatic rings. The van der Waals surface area contributed by atoms with Crippen LogP contribution in [0.25, 0.3) is 0 Å². The van der Waals surface area contributed by atoms with E-state index in [9.17, 15) is 12.8 Å². The van der Waals surface area contributed by atoms with Crippen molar-refractivity contribution in [3.05, 3.63) is 34.1 Å². The van der Waals surface area contributed by atoms with Gasteiger partial charge in [0.15, 0.2) is 9.84 Å². The summed E-state index contributed by atoms with van der Waals surface area (Å²) in [6.45, 7) is 3.96. The van der Waals surface area contributed by atoms with E-state index in [0.717, 1.165) is 4.47 Å². The summed E-state index contributed by atoms with van der Waals surface area (Å²) in [7, 11) is -3.04. The van der Waals surface area contributed by atoms with Crippen LogP contribution in [0.3, 0.4) is 0 Å². The number of halogens is 2. The van der Waals surface area contributed by atoms with Crippen LogP contribution < -0.4 is 5.32 Å². The third-order valence-electron chi connectivity index (χ3n) is 2.60. The minimum absolute atomic E-state index is 0.0697. The Bertz CT molecular complexity index is 503. The summed E-state index contributed by atoms with van der Waals surface area (Å²) in [5.74, 6) is -0.224. The maximum atomic E-state index is 13.4. The molecule has 1 N–H and O–H groups in total. The molecular weight excluding hydrogens is 321 g/mol. The van der Waals surface area contributed by atoms with Crippen molar-refractivity contribution in [2.24, 2.45) is 0 Å². The zero-order valence-corrected chi connectivity index (χ0v) is 12.8. The van der Waals surface area contributed by atoms with Crippen LogP contribution in [0.1, 0.15) is 19.4 Å². The first kappa shape index (κ1) is 15.6. The molecule has 0 heterocycles. The van der Waals surface area contributed by atoms with Crippen molar-refractivity contribution in [1.29, 1.82) is 0 Å². The van der Waals surface area contributed by atoms with Crippen LogP contribution in [0.15, 0.2) is 22.7 Å². The molecule has 6 heteroatoms. The zero-order chi connectivity index (χ0) is 13.8. The van der Waals surface area contributed by atoms with Gasteiger partial charge in [0, 0.05) is 23.1 Å². The Morgan fingerprint density at radius 2 is 2.06 bits per heavy atom. The Morgan fingerprint density at radius 3 is 2.67 bits per heavy atom. The summed E-state index contributed by atoms with van der Waals surface area (Å²) in [6.07, 6.45) is 0. The minimum atomic E-state index is -3.04. The largest absolute Gasteiger partial charge is 0.312 e. The highest BCUT2D eigenvalue weighted by Crippen LogP contribution is 2.15. The molecule has 0 unspecified atom stereocenters. The molecule has 3 nitrogen and oxygen atoms in total. The molecule has 1 aromatic carbocycles. The lowest BCUT2D eigenvalue weighted by Gasteiger charge is -2.09. The molecule has 0 aliphatic rings. The number of benzene rings is 1. The van der Waals surface area contributed by atoms with Gasteiger partial charge in [-0.1, -0.05) is 15.9 Å². The topological polar surface area (TPSA) is 46.2 Å². The van der Waals surface area contributed by atoms with E-state index >= 15 is 0 Å².